The average Bonchev–Trinajstić information content (AvgIpc) is 2.70. The van der Waals surface area contributed by atoms with Crippen LogP contribution in [0.3, 0.4) is 0 Å². The Labute approximate surface area is 163 Å². The van der Waals surface area contributed by atoms with Crippen LogP contribution in [0.4, 0.5) is 5.69 Å². The van der Waals surface area contributed by atoms with E-state index in [0.29, 0.717) is 22.7 Å². The van der Waals surface area contributed by atoms with Crippen molar-refractivity contribution in [3.63, 3.8) is 0 Å². The van der Waals surface area contributed by atoms with Crippen molar-refractivity contribution in [2.75, 3.05) is 39.7 Å². The summed E-state index contributed by atoms with van der Waals surface area (Å²) in [4.78, 5) is 36.9. The van der Waals surface area contributed by atoms with Crippen molar-refractivity contribution >= 4 is 23.5 Å². The molecule has 148 valence electrons. The van der Waals surface area contributed by atoms with Gasteiger partial charge in [0.1, 0.15) is 0 Å². The Morgan fingerprint density at radius 3 is 2.18 bits per heavy atom. The Bertz CT molecular complexity index is 833. The van der Waals surface area contributed by atoms with Crippen LogP contribution >= 0.6 is 0 Å². The maximum atomic E-state index is 11.9. The first kappa shape index (κ1) is 20.8. The van der Waals surface area contributed by atoms with Crippen molar-refractivity contribution in [2.45, 2.75) is 0 Å². The first-order valence-corrected chi connectivity index (χ1v) is 8.43. The SMILES string of the molecule is COc1ccccc1OCC(=O)OCC(=O)Nc1ccc(C(=O)N(C)C)cc1. The van der Waals surface area contributed by atoms with Gasteiger partial charge in [0, 0.05) is 25.3 Å². The molecule has 2 aromatic carbocycles. The molecule has 2 rings (SSSR count). The van der Waals surface area contributed by atoms with E-state index in [4.69, 9.17) is 14.2 Å². The molecule has 0 heterocycles. The molecule has 2 aromatic rings. The zero-order valence-corrected chi connectivity index (χ0v) is 15.9. The fraction of sp³-hybridized carbons (Fsp3) is 0.250. The van der Waals surface area contributed by atoms with Crippen molar-refractivity contribution in [1.29, 1.82) is 0 Å². The van der Waals surface area contributed by atoms with Gasteiger partial charge < -0.3 is 24.4 Å². The Morgan fingerprint density at radius 1 is 0.929 bits per heavy atom. The van der Waals surface area contributed by atoms with Crippen molar-refractivity contribution in [1.82, 2.24) is 4.90 Å². The second-order valence-electron chi connectivity index (χ2n) is 5.93. The van der Waals surface area contributed by atoms with Gasteiger partial charge in [-0.1, -0.05) is 12.1 Å². The topological polar surface area (TPSA) is 94.2 Å². The summed E-state index contributed by atoms with van der Waals surface area (Å²) in [6.45, 7) is -0.804. The van der Waals surface area contributed by atoms with Gasteiger partial charge in [-0.3, -0.25) is 9.59 Å². The number of rotatable bonds is 8. The highest BCUT2D eigenvalue weighted by Crippen LogP contribution is 2.25. The number of esters is 1. The number of carbonyl (C=O) groups is 3. The van der Waals surface area contributed by atoms with E-state index in [-0.39, 0.29) is 12.5 Å². The Balaban J connectivity index is 1.77. The fourth-order valence-corrected chi connectivity index (χ4v) is 2.21. The van der Waals surface area contributed by atoms with Crippen LogP contribution in [0.25, 0.3) is 0 Å². The molecule has 8 heteroatoms. The van der Waals surface area contributed by atoms with Crippen LogP contribution in [-0.4, -0.2) is 57.1 Å². The zero-order valence-electron chi connectivity index (χ0n) is 15.9. The van der Waals surface area contributed by atoms with Crippen molar-refractivity contribution in [3.05, 3.63) is 54.1 Å². The number of amides is 2. The molecule has 0 atom stereocenters. The lowest BCUT2D eigenvalue weighted by molar-refractivity contribution is -0.149. The van der Waals surface area contributed by atoms with Gasteiger partial charge in [-0.2, -0.15) is 0 Å². The van der Waals surface area contributed by atoms with Gasteiger partial charge in [0.25, 0.3) is 11.8 Å². The van der Waals surface area contributed by atoms with E-state index < -0.39 is 18.5 Å². The molecule has 0 aliphatic rings. The van der Waals surface area contributed by atoms with Crippen molar-refractivity contribution in [3.8, 4) is 11.5 Å². The summed E-state index contributed by atoms with van der Waals surface area (Å²) in [6.07, 6.45) is 0. The van der Waals surface area contributed by atoms with Crippen molar-refractivity contribution < 1.29 is 28.6 Å². The van der Waals surface area contributed by atoms with Gasteiger partial charge >= 0.3 is 5.97 Å². The minimum Gasteiger partial charge on any atom is -0.493 e. The molecule has 28 heavy (non-hydrogen) atoms. The summed E-state index contributed by atoms with van der Waals surface area (Å²) >= 11 is 0. The van der Waals surface area contributed by atoms with Gasteiger partial charge in [0.15, 0.2) is 24.7 Å². The molecule has 0 aromatic heterocycles. The number of anilines is 1. The van der Waals surface area contributed by atoms with E-state index in [9.17, 15) is 14.4 Å². The van der Waals surface area contributed by atoms with Crippen LogP contribution in [0.1, 0.15) is 10.4 Å². The zero-order chi connectivity index (χ0) is 20.5. The first-order valence-electron chi connectivity index (χ1n) is 8.43. The van der Waals surface area contributed by atoms with E-state index in [1.54, 1.807) is 62.6 Å². The highest BCUT2D eigenvalue weighted by Gasteiger charge is 2.12. The molecule has 0 saturated heterocycles. The van der Waals surface area contributed by atoms with Crippen LogP contribution < -0.4 is 14.8 Å². The number of hydrogen-bond donors (Lipinski definition) is 1. The van der Waals surface area contributed by atoms with E-state index in [2.05, 4.69) is 5.32 Å². The van der Waals surface area contributed by atoms with Gasteiger partial charge in [-0.25, -0.2) is 4.79 Å². The standard InChI is InChI=1S/C20H22N2O6/c1-22(2)20(25)14-8-10-15(11-9-14)21-18(23)12-28-19(24)13-27-17-7-5-4-6-16(17)26-3/h4-11H,12-13H2,1-3H3,(H,21,23). The number of hydrogen-bond acceptors (Lipinski definition) is 6. The lowest BCUT2D eigenvalue weighted by Crippen LogP contribution is -2.24. The minimum absolute atomic E-state index is 0.137. The van der Waals surface area contributed by atoms with Gasteiger partial charge in [0.05, 0.1) is 7.11 Å². The molecule has 0 aliphatic carbocycles. The second kappa shape index (κ2) is 9.96. The number of nitrogens with one attached hydrogen (secondary N) is 1. The smallest absolute Gasteiger partial charge is 0.344 e. The number of methoxy groups -OCH3 is 1. The first-order chi connectivity index (χ1) is 13.4. The van der Waals surface area contributed by atoms with E-state index >= 15 is 0 Å². The molecule has 0 spiro atoms. The average molecular weight is 386 g/mol. The normalized spacial score (nSPS) is 9.96. The quantitative estimate of drug-likeness (QED) is 0.697. The summed E-state index contributed by atoms with van der Waals surface area (Å²) in [5.74, 6) is -0.435. The molecular weight excluding hydrogens is 364 g/mol. The monoisotopic (exact) mass is 386 g/mol. The van der Waals surface area contributed by atoms with Crippen LogP contribution in [0, 0.1) is 0 Å². The molecule has 0 radical (unpaired) electrons. The summed E-state index contributed by atoms with van der Waals surface area (Å²) in [5, 5.41) is 2.58. The lowest BCUT2D eigenvalue weighted by Gasteiger charge is -2.11. The summed E-state index contributed by atoms with van der Waals surface area (Å²) in [7, 11) is 4.81. The van der Waals surface area contributed by atoms with E-state index in [1.807, 2.05) is 0 Å². The number of para-hydroxylation sites is 2. The highest BCUT2D eigenvalue weighted by molar-refractivity contribution is 5.96. The van der Waals surface area contributed by atoms with Crippen LogP contribution in [0.5, 0.6) is 11.5 Å². The maximum Gasteiger partial charge on any atom is 0.344 e. The molecule has 1 N–H and O–H groups in total. The third-order valence-corrected chi connectivity index (χ3v) is 3.60. The largest absolute Gasteiger partial charge is 0.493 e. The molecule has 0 aliphatic heterocycles. The summed E-state index contributed by atoms with van der Waals surface area (Å²) < 4.78 is 15.3. The number of carbonyl (C=O) groups excluding carboxylic acids is 3. The maximum absolute atomic E-state index is 11.9. The van der Waals surface area contributed by atoms with Gasteiger partial charge in [-0.15, -0.1) is 0 Å². The number of benzene rings is 2. The number of ether oxygens (including phenoxy) is 3. The molecule has 0 fully saturated rings. The lowest BCUT2D eigenvalue weighted by atomic mass is 10.2. The van der Waals surface area contributed by atoms with E-state index in [1.165, 1.54) is 12.0 Å². The van der Waals surface area contributed by atoms with Crippen LogP contribution in [-0.2, 0) is 14.3 Å². The molecule has 0 bridgehead atoms. The third-order valence-electron chi connectivity index (χ3n) is 3.60. The highest BCUT2D eigenvalue weighted by atomic mass is 16.6. The Kier molecular flexibility index (Phi) is 7.38. The second-order valence-corrected chi connectivity index (χ2v) is 5.93. The van der Waals surface area contributed by atoms with Crippen LogP contribution in [0.15, 0.2) is 48.5 Å². The fourth-order valence-electron chi connectivity index (χ4n) is 2.21. The van der Waals surface area contributed by atoms with Crippen LogP contribution in [0.2, 0.25) is 0 Å². The number of nitrogens with zero attached hydrogens (tertiary/aromatic N) is 1. The third kappa shape index (κ3) is 6.01. The summed E-state index contributed by atoms with van der Waals surface area (Å²) in [6, 6.07) is 13.3. The molecular formula is C20H22N2O6. The predicted octanol–water partition coefficient (Wildman–Crippen LogP) is 1.96. The predicted molar refractivity (Wildman–Crippen MR) is 103 cm³/mol. The van der Waals surface area contributed by atoms with Gasteiger partial charge in [-0.05, 0) is 36.4 Å². The van der Waals surface area contributed by atoms with Crippen molar-refractivity contribution in [2.24, 2.45) is 0 Å². The van der Waals surface area contributed by atoms with Gasteiger partial charge in [0.2, 0.25) is 0 Å². The Hall–Kier alpha value is -3.55. The Morgan fingerprint density at radius 2 is 1.57 bits per heavy atom. The summed E-state index contributed by atoms with van der Waals surface area (Å²) in [5.41, 5.74) is 0.990. The minimum atomic E-state index is -0.687. The molecule has 2 amide bonds. The molecule has 0 unspecified atom stereocenters. The van der Waals surface area contributed by atoms with E-state index in [0.717, 1.165) is 0 Å². The molecule has 0 saturated carbocycles. The molecule has 8 nitrogen and oxygen atoms in total.